The smallest absolute Gasteiger partial charge is 0.321 e. The van der Waals surface area contributed by atoms with Gasteiger partial charge in [-0.3, -0.25) is 4.79 Å². The van der Waals surface area contributed by atoms with E-state index >= 15 is 0 Å². The number of anilines is 1. The minimum Gasteiger partial charge on any atom is -0.424 e. The average Bonchev–Trinajstić information content (AvgIpc) is 3.21. The fraction of sp³-hybridized carbons (Fsp3) is 0.0741. The number of hydrogen-bond acceptors (Lipinski definition) is 4. The summed E-state index contributed by atoms with van der Waals surface area (Å²) in [6.07, 6.45) is 3.25. The first-order valence-corrected chi connectivity index (χ1v) is 10.7. The van der Waals surface area contributed by atoms with Crippen molar-refractivity contribution in [2.24, 2.45) is 0 Å². The van der Waals surface area contributed by atoms with Gasteiger partial charge in [0, 0.05) is 35.5 Å². The number of rotatable bonds is 6. The Kier molecular flexibility index (Phi) is 5.55. The molecule has 0 fully saturated rings. The summed E-state index contributed by atoms with van der Waals surface area (Å²) in [5.41, 5.74) is 4.36. The van der Waals surface area contributed by atoms with E-state index in [1.807, 2.05) is 67.6 Å². The molecule has 6 heteroatoms. The molecule has 0 saturated carbocycles. The van der Waals surface area contributed by atoms with Crippen LogP contribution in [0.1, 0.15) is 21.6 Å². The highest BCUT2D eigenvalue weighted by molar-refractivity contribution is 6.06. The Hall–Kier alpha value is -4.45. The molecule has 5 rings (SSSR count). The van der Waals surface area contributed by atoms with Crippen LogP contribution in [0.5, 0.6) is 11.8 Å². The minimum atomic E-state index is -0.162. The summed E-state index contributed by atoms with van der Waals surface area (Å²) in [7, 11) is 0. The highest BCUT2D eigenvalue weighted by Crippen LogP contribution is 2.26. The van der Waals surface area contributed by atoms with Gasteiger partial charge in [-0.25, -0.2) is 9.97 Å². The molecule has 5 aromatic rings. The van der Waals surface area contributed by atoms with E-state index in [-0.39, 0.29) is 11.9 Å². The first-order chi connectivity index (χ1) is 16.2. The molecular weight excluding hydrogens is 412 g/mol. The van der Waals surface area contributed by atoms with Crippen LogP contribution in [0, 0.1) is 6.92 Å². The predicted molar refractivity (Wildman–Crippen MR) is 129 cm³/mol. The molecule has 0 atom stereocenters. The first kappa shape index (κ1) is 20.5. The Morgan fingerprint density at radius 3 is 2.45 bits per heavy atom. The molecule has 0 saturated heterocycles. The number of carbonyl (C=O) groups is 1. The van der Waals surface area contributed by atoms with Gasteiger partial charge < -0.3 is 14.6 Å². The molecule has 3 aromatic carbocycles. The molecule has 33 heavy (non-hydrogen) atoms. The van der Waals surface area contributed by atoms with Crippen molar-refractivity contribution in [1.29, 1.82) is 0 Å². The lowest BCUT2D eigenvalue weighted by Crippen LogP contribution is -2.18. The van der Waals surface area contributed by atoms with E-state index in [4.69, 9.17) is 4.74 Å². The van der Waals surface area contributed by atoms with E-state index in [0.717, 1.165) is 27.7 Å². The number of fused-ring (bicyclic) bond motifs is 1. The van der Waals surface area contributed by atoms with Gasteiger partial charge in [-0.15, -0.1) is 0 Å². The van der Waals surface area contributed by atoms with E-state index in [1.54, 1.807) is 24.5 Å². The fourth-order valence-corrected chi connectivity index (χ4v) is 3.80. The number of hydrogen-bond donors (Lipinski definition) is 1. The molecule has 0 aliphatic heterocycles. The molecule has 0 spiro atoms. The summed E-state index contributed by atoms with van der Waals surface area (Å²) in [5.74, 6) is 0.445. The van der Waals surface area contributed by atoms with Gasteiger partial charge in [0.2, 0.25) is 0 Å². The molecule has 0 unspecified atom stereocenters. The number of benzene rings is 3. The van der Waals surface area contributed by atoms with Crippen LogP contribution in [-0.4, -0.2) is 20.4 Å². The molecule has 0 aliphatic rings. The third kappa shape index (κ3) is 4.45. The fourth-order valence-electron chi connectivity index (χ4n) is 3.80. The third-order valence-electron chi connectivity index (χ3n) is 5.42. The van der Waals surface area contributed by atoms with E-state index in [2.05, 4.69) is 32.0 Å². The van der Waals surface area contributed by atoms with Crippen LogP contribution in [0.2, 0.25) is 0 Å². The molecule has 1 N–H and O–H groups in total. The first-order valence-electron chi connectivity index (χ1n) is 10.7. The highest BCUT2D eigenvalue weighted by atomic mass is 16.5. The molecule has 162 valence electrons. The quantitative estimate of drug-likeness (QED) is 0.365. The molecule has 2 aromatic heterocycles. The van der Waals surface area contributed by atoms with Crippen LogP contribution in [-0.2, 0) is 6.54 Å². The number of aromatic nitrogens is 3. The molecule has 0 radical (unpaired) electrons. The van der Waals surface area contributed by atoms with E-state index in [0.29, 0.717) is 18.0 Å². The van der Waals surface area contributed by atoms with Gasteiger partial charge in [-0.05, 0) is 54.4 Å². The summed E-state index contributed by atoms with van der Waals surface area (Å²) in [5, 5.41) is 4.09. The Morgan fingerprint density at radius 1 is 0.909 bits per heavy atom. The van der Waals surface area contributed by atoms with Crippen molar-refractivity contribution in [3.63, 3.8) is 0 Å². The van der Waals surface area contributed by atoms with E-state index in [9.17, 15) is 4.79 Å². The van der Waals surface area contributed by atoms with Crippen LogP contribution >= 0.6 is 0 Å². The number of para-hydroxylation sites is 1. The Morgan fingerprint density at radius 2 is 1.67 bits per heavy atom. The van der Waals surface area contributed by atoms with Gasteiger partial charge >= 0.3 is 6.01 Å². The molecule has 2 heterocycles. The SMILES string of the molecule is Cc1cc(Oc2ncccn2)ccc1NC(=O)c1cc2ccccc2n1Cc1ccccc1. The van der Waals surface area contributed by atoms with Crippen LogP contribution in [0.15, 0.2) is 97.3 Å². The third-order valence-corrected chi connectivity index (χ3v) is 5.42. The second kappa shape index (κ2) is 8.96. The maximum atomic E-state index is 13.3. The van der Waals surface area contributed by atoms with Gasteiger partial charge in [0.15, 0.2) is 0 Å². The van der Waals surface area contributed by atoms with Crippen molar-refractivity contribution in [2.45, 2.75) is 13.5 Å². The Balaban J connectivity index is 1.42. The number of amides is 1. The summed E-state index contributed by atoms with van der Waals surface area (Å²) >= 11 is 0. The van der Waals surface area contributed by atoms with Gasteiger partial charge in [-0.2, -0.15) is 0 Å². The second-order valence-electron chi connectivity index (χ2n) is 7.72. The van der Waals surface area contributed by atoms with Crippen molar-refractivity contribution < 1.29 is 9.53 Å². The number of carbonyl (C=O) groups excluding carboxylic acids is 1. The number of nitrogens with zero attached hydrogens (tertiary/aromatic N) is 3. The maximum Gasteiger partial charge on any atom is 0.321 e. The largest absolute Gasteiger partial charge is 0.424 e. The molecule has 0 bridgehead atoms. The standard InChI is InChI=1S/C27H22N4O2/c1-19-16-22(33-27-28-14-7-15-29-27)12-13-23(19)30-26(32)25-17-21-10-5-6-11-24(21)31(25)18-20-8-3-2-4-9-20/h2-17H,18H2,1H3,(H,30,32). The van der Waals surface area contributed by atoms with Crippen molar-refractivity contribution in [1.82, 2.24) is 14.5 Å². The lowest BCUT2D eigenvalue weighted by Gasteiger charge is -2.13. The highest BCUT2D eigenvalue weighted by Gasteiger charge is 2.17. The zero-order chi connectivity index (χ0) is 22.6. The molecular formula is C27H22N4O2. The maximum absolute atomic E-state index is 13.3. The van der Waals surface area contributed by atoms with Crippen molar-refractivity contribution in [2.75, 3.05) is 5.32 Å². The average molecular weight is 434 g/mol. The molecule has 6 nitrogen and oxygen atoms in total. The van der Waals surface area contributed by atoms with Crippen LogP contribution in [0.4, 0.5) is 5.69 Å². The second-order valence-corrected chi connectivity index (χ2v) is 7.72. The summed E-state index contributed by atoms with van der Waals surface area (Å²) in [6.45, 7) is 2.54. The number of nitrogens with one attached hydrogen (secondary N) is 1. The van der Waals surface area contributed by atoms with Crippen molar-refractivity contribution in [3.8, 4) is 11.8 Å². The van der Waals surface area contributed by atoms with Crippen molar-refractivity contribution in [3.05, 3.63) is 114 Å². The van der Waals surface area contributed by atoms with Crippen LogP contribution < -0.4 is 10.1 Å². The normalized spacial score (nSPS) is 10.8. The Labute approximate surface area is 191 Å². The zero-order valence-electron chi connectivity index (χ0n) is 18.1. The lowest BCUT2D eigenvalue weighted by molar-refractivity contribution is 0.101. The van der Waals surface area contributed by atoms with Gasteiger partial charge in [0.1, 0.15) is 11.4 Å². The number of ether oxygens (including phenoxy) is 1. The molecule has 1 amide bonds. The zero-order valence-corrected chi connectivity index (χ0v) is 18.1. The number of aryl methyl sites for hydroxylation is 1. The molecule has 0 aliphatic carbocycles. The summed E-state index contributed by atoms with van der Waals surface area (Å²) < 4.78 is 7.75. The van der Waals surface area contributed by atoms with E-state index in [1.165, 1.54) is 0 Å². The topological polar surface area (TPSA) is 69.0 Å². The minimum absolute atomic E-state index is 0.162. The predicted octanol–water partition coefficient (Wildman–Crippen LogP) is 5.83. The van der Waals surface area contributed by atoms with Crippen LogP contribution in [0.25, 0.3) is 10.9 Å². The summed E-state index contributed by atoms with van der Waals surface area (Å²) in [4.78, 5) is 21.5. The van der Waals surface area contributed by atoms with Gasteiger partial charge in [0.05, 0.1) is 0 Å². The van der Waals surface area contributed by atoms with Gasteiger partial charge in [-0.1, -0.05) is 48.5 Å². The van der Waals surface area contributed by atoms with Crippen molar-refractivity contribution >= 4 is 22.5 Å². The lowest BCUT2D eigenvalue weighted by atomic mass is 10.2. The summed E-state index contributed by atoms with van der Waals surface area (Å²) in [6, 6.07) is 27.6. The monoisotopic (exact) mass is 434 g/mol. The van der Waals surface area contributed by atoms with E-state index < -0.39 is 0 Å². The van der Waals surface area contributed by atoms with Crippen LogP contribution in [0.3, 0.4) is 0 Å². The van der Waals surface area contributed by atoms with Gasteiger partial charge in [0.25, 0.3) is 5.91 Å². The Bertz CT molecular complexity index is 1410.